The zero-order valence-electron chi connectivity index (χ0n) is 10.3. The topological polar surface area (TPSA) is 0 Å². The maximum atomic E-state index is 13.8. The lowest BCUT2D eigenvalue weighted by molar-refractivity contribution is 0.608. The predicted octanol–water partition coefficient (Wildman–Crippen LogP) is 6.23. The number of hydrogen-bond acceptors (Lipinski definition) is 0. The molecule has 0 aliphatic heterocycles. The van der Waals surface area contributed by atoms with Crippen LogP contribution in [-0.2, 0) is 6.42 Å². The molecule has 0 aliphatic carbocycles. The van der Waals surface area contributed by atoms with Gasteiger partial charge in [0, 0.05) is 19.9 Å². The van der Waals surface area contributed by atoms with E-state index in [0.717, 1.165) is 15.6 Å². The Hall–Kier alpha value is -0.380. The number of hydrogen-bond donors (Lipinski definition) is 0. The Morgan fingerprint density at radius 3 is 2.68 bits per heavy atom. The molecule has 0 saturated heterocycles. The molecule has 2 aromatic rings. The van der Waals surface area contributed by atoms with Gasteiger partial charge in [0.25, 0.3) is 0 Å². The smallest absolute Gasteiger partial charge is 0.127 e. The van der Waals surface area contributed by atoms with E-state index in [9.17, 15) is 4.39 Å². The first-order valence-corrected chi connectivity index (χ1v) is 7.90. The van der Waals surface area contributed by atoms with Crippen LogP contribution in [0.4, 0.5) is 4.39 Å². The fraction of sp³-hybridized carbons (Fsp3) is 0.200. The highest BCUT2D eigenvalue weighted by Gasteiger charge is 2.16. The molecule has 0 nitrogen and oxygen atoms in total. The zero-order valence-corrected chi connectivity index (χ0v) is 14.2. The first kappa shape index (κ1) is 15.0. The largest absolute Gasteiger partial charge is 0.207 e. The van der Waals surface area contributed by atoms with Crippen LogP contribution >= 0.6 is 43.5 Å². The van der Waals surface area contributed by atoms with Crippen molar-refractivity contribution in [3.05, 3.63) is 68.4 Å². The molecule has 0 spiro atoms. The molecule has 1 atom stereocenters. The Balaban J connectivity index is 2.31. The van der Waals surface area contributed by atoms with E-state index < -0.39 is 0 Å². The molecular formula is C15H12Br2ClF. The van der Waals surface area contributed by atoms with Gasteiger partial charge in [0.05, 0.1) is 0 Å². The molecule has 100 valence electrons. The standard InChI is InChI=1S/C15H12Br2ClF/c1-9-5-6-10(16)7-11(9)13(17)8-12-14(18)3-2-4-15(12)19/h2-7,13H,8H2,1H3. The van der Waals surface area contributed by atoms with Crippen molar-refractivity contribution in [1.29, 1.82) is 0 Å². The molecule has 0 bridgehead atoms. The highest BCUT2D eigenvalue weighted by atomic mass is 79.9. The zero-order chi connectivity index (χ0) is 14.0. The van der Waals surface area contributed by atoms with Gasteiger partial charge in [-0.15, -0.1) is 0 Å². The first-order valence-electron chi connectivity index (χ1n) is 5.82. The van der Waals surface area contributed by atoms with Crippen LogP contribution in [0.15, 0.2) is 40.9 Å². The minimum atomic E-state index is -0.260. The van der Waals surface area contributed by atoms with Gasteiger partial charge < -0.3 is 0 Å². The molecule has 0 N–H and O–H groups in total. The third kappa shape index (κ3) is 3.59. The molecule has 0 amide bonds. The highest BCUT2D eigenvalue weighted by molar-refractivity contribution is 9.10. The van der Waals surface area contributed by atoms with Crippen molar-refractivity contribution in [2.75, 3.05) is 0 Å². The summed E-state index contributed by atoms with van der Waals surface area (Å²) in [6.07, 6.45) is 0.517. The average Bonchev–Trinajstić information content (AvgIpc) is 2.37. The summed E-state index contributed by atoms with van der Waals surface area (Å²) in [5.41, 5.74) is 2.84. The van der Waals surface area contributed by atoms with Crippen LogP contribution in [0.3, 0.4) is 0 Å². The van der Waals surface area contributed by atoms with E-state index in [1.807, 2.05) is 25.1 Å². The quantitative estimate of drug-likeness (QED) is 0.530. The van der Waals surface area contributed by atoms with Crippen molar-refractivity contribution in [3.8, 4) is 0 Å². The van der Waals surface area contributed by atoms with Crippen LogP contribution in [0.1, 0.15) is 21.5 Å². The Morgan fingerprint density at radius 1 is 1.26 bits per heavy atom. The molecule has 19 heavy (non-hydrogen) atoms. The Kier molecular flexibility index (Phi) is 5.04. The van der Waals surface area contributed by atoms with E-state index in [0.29, 0.717) is 17.0 Å². The SMILES string of the molecule is Cc1ccc(Br)cc1C(Br)Cc1c(F)cccc1Cl. The van der Waals surface area contributed by atoms with Crippen molar-refractivity contribution in [2.45, 2.75) is 18.2 Å². The normalized spacial score (nSPS) is 12.5. The summed E-state index contributed by atoms with van der Waals surface area (Å²) in [7, 11) is 0. The number of alkyl halides is 1. The third-order valence-corrected chi connectivity index (χ3v) is 4.69. The second kappa shape index (κ2) is 6.38. The Labute approximate surface area is 134 Å². The lowest BCUT2D eigenvalue weighted by Gasteiger charge is -2.15. The molecule has 2 rings (SSSR count). The van der Waals surface area contributed by atoms with Gasteiger partial charge in [-0.1, -0.05) is 55.6 Å². The van der Waals surface area contributed by atoms with Gasteiger partial charge in [0.2, 0.25) is 0 Å². The van der Waals surface area contributed by atoms with Gasteiger partial charge in [-0.3, -0.25) is 0 Å². The number of rotatable bonds is 3. The molecule has 4 heteroatoms. The van der Waals surface area contributed by atoms with Gasteiger partial charge in [0.15, 0.2) is 0 Å². The van der Waals surface area contributed by atoms with E-state index in [4.69, 9.17) is 11.6 Å². The van der Waals surface area contributed by atoms with Crippen molar-refractivity contribution in [3.63, 3.8) is 0 Å². The van der Waals surface area contributed by atoms with Crippen LogP contribution in [-0.4, -0.2) is 0 Å². The summed E-state index contributed by atoms with van der Waals surface area (Å²) in [6, 6.07) is 10.9. The molecule has 0 saturated carbocycles. The summed E-state index contributed by atoms with van der Waals surface area (Å²) in [5, 5.41) is 0.470. The monoisotopic (exact) mass is 404 g/mol. The maximum absolute atomic E-state index is 13.8. The number of halogens is 4. The highest BCUT2D eigenvalue weighted by Crippen LogP contribution is 2.34. The van der Waals surface area contributed by atoms with E-state index in [-0.39, 0.29) is 10.6 Å². The number of benzene rings is 2. The second-order valence-corrected chi connectivity index (χ2v) is 6.80. The third-order valence-electron chi connectivity index (χ3n) is 3.02. The summed E-state index contributed by atoms with van der Waals surface area (Å²) < 4.78 is 14.8. The van der Waals surface area contributed by atoms with E-state index in [2.05, 4.69) is 31.9 Å². The van der Waals surface area contributed by atoms with Crippen LogP contribution in [0.2, 0.25) is 5.02 Å². The van der Waals surface area contributed by atoms with Crippen LogP contribution in [0.5, 0.6) is 0 Å². The van der Waals surface area contributed by atoms with Gasteiger partial charge in [-0.2, -0.15) is 0 Å². The molecule has 2 aromatic carbocycles. The second-order valence-electron chi connectivity index (χ2n) is 4.37. The van der Waals surface area contributed by atoms with E-state index in [1.54, 1.807) is 12.1 Å². The van der Waals surface area contributed by atoms with E-state index >= 15 is 0 Å². The molecular weight excluding hydrogens is 394 g/mol. The fourth-order valence-corrected chi connectivity index (χ4v) is 3.40. The molecule has 0 heterocycles. The maximum Gasteiger partial charge on any atom is 0.127 e. The Bertz CT molecular complexity index is 578. The minimum Gasteiger partial charge on any atom is -0.207 e. The van der Waals surface area contributed by atoms with Crippen LogP contribution in [0, 0.1) is 12.7 Å². The van der Waals surface area contributed by atoms with Gasteiger partial charge in [-0.25, -0.2) is 4.39 Å². The minimum absolute atomic E-state index is 0.0272. The molecule has 0 aromatic heterocycles. The average molecular weight is 407 g/mol. The summed E-state index contributed by atoms with van der Waals surface area (Å²) in [4.78, 5) is 0.0272. The summed E-state index contributed by atoms with van der Waals surface area (Å²) in [5.74, 6) is -0.260. The molecule has 0 aliphatic rings. The molecule has 0 fully saturated rings. The summed E-state index contributed by atoms with van der Waals surface area (Å²) >= 11 is 13.1. The molecule has 1 unspecified atom stereocenters. The van der Waals surface area contributed by atoms with Gasteiger partial charge >= 0.3 is 0 Å². The van der Waals surface area contributed by atoms with E-state index in [1.165, 1.54) is 6.07 Å². The van der Waals surface area contributed by atoms with Gasteiger partial charge in [0.1, 0.15) is 5.82 Å². The van der Waals surface area contributed by atoms with Crippen LogP contribution in [0.25, 0.3) is 0 Å². The first-order chi connectivity index (χ1) is 8.99. The lowest BCUT2D eigenvalue weighted by atomic mass is 10.0. The Morgan fingerprint density at radius 2 is 2.00 bits per heavy atom. The van der Waals surface area contributed by atoms with Crippen molar-refractivity contribution < 1.29 is 4.39 Å². The summed E-state index contributed by atoms with van der Waals surface area (Å²) in [6.45, 7) is 2.04. The molecule has 0 radical (unpaired) electrons. The van der Waals surface area contributed by atoms with Crippen molar-refractivity contribution in [2.24, 2.45) is 0 Å². The fourth-order valence-electron chi connectivity index (χ4n) is 1.97. The van der Waals surface area contributed by atoms with Crippen molar-refractivity contribution in [1.82, 2.24) is 0 Å². The van der Waals surface area contributed by atoms with Gasteiger partial charge in [-0.05, 0) is 48.7 Å². The number of aryl methyl sites for hydroxylation is 1. The lowest BCUT2D eigenvalue weighted by Crippen LogP contribution is -2.01. The van der Waals surface area contributed by atoms with Crippen molar-refractivity contribution >= 4 is 43.5 Å². The predicted molar refractivity (Wildman–Crippen MR) is 85.7 cm³/mol. The van der Waals surface area contributed by atoms with Crippen LogP contribution < -0.4 is 0 Å².